The van der Waals surface area contributed by atoms with E-state index in [-0.39, 0.29) is 24.9 Å². The molecule has 0 bridgehead atoms. The van der Waals surface area contributed by atoms with Crippen molar-refractivity contribution in [1.82, 2.24) is 14.7 Å². The molecule has 1 fully saturated rings. The van der Waals surface area contributed by atoms with E-state index in [1.54, 1.807) is 25.1 Å². The maximum Gasteiger partial charge on any atom is 0.238 e. The van der Waals surface area contributed by atoms with Gasteiger partial charge in [0.2, 0.25) is 11.8 Å². The Bertz CT molecular complexity index is 894. The van der Waals surface area contributed by atoms with Crippen molar-refractivity contribution in [3.63, 3.8) is 0 Å². The number of aryl methyl sites for hydroxylation is 1. The molecule has 0 radical (unpaired) electrons. The molecule has 0 saturated carbocycles. The van der Waals surface area contributed by atoms with E-state index in [2.05, 4.69) is 41.4 Å². The standard InChI is InChI=1S/C24H32N4O3/c1-19-6-4-7-20(14-19)16-27-10-12-28(13-11-27)24(30)18-26(2)17-23(29)25-21-8-5-9-22(15-21)31-3/h4-9,14-15H,10-13,16-18H2,1-3H3,(H,25,29). The van der Waals surface area contributed by atoms with Crippen molar-refractivity contribution in [3.05, 3.63) is 59.7 Å². The molecule has 1 aliphatic rings. The van der Waals surface area contributed by atoms with E-state index in [4.69, 9.17) is 4.74 Å². The first kappa shape index (κ1) is 22.8. The van der Waals surface area contributed by atoms with Crippen LogP contribution in [0.5, 0.6) is 5.75 Å². The Morgan fingerprint density at radius 1 is 1.03 bits per heavy atom. The van der Waals surface area contributed by atoms with E-state index in [9.17, 15) is 9.59 Å². The van der Waals surface area contributed by atoms with Crippen LogP contribution in [0.15, 0.2) is 48.5 Å². The number of ether oxygens (including phenoxy) is 1. The summed E-state index contributed by atoms with van der Waals surface area (Å²) >= 11 is 0. The van der Waals surface area contributed by atoms with Crippen LogP contribution in [0.25, 0.3) is 0 Å². The summed E-state index contributed by atoms with van der Waals surface area (Å²) in [5.41, 5.74) is 3.25. The van der Waals surface area contributed by atoms with Gasteiger partial charge in [-0.05, 0) is 31.7 Å². The molecule has 2 aromatic carbocycles. The zero-order valence-corrected chi connectivity index (χ0v) is 18.6. The first-order chi connectivity index (χ1) is 14.9. The number of carbonyl (C=O) groups excluding carboxylic acids is 2. The van der Waals surface area contributed by atoms with E-state index in [1.165, 1.54) is 11.1 Å². The number of carbonyl (C=O) groups is 2. The van der Waals surface area contributed by atoms with Crippen LogP contribution in [-0.4, -0.2) is 79.9 Å². The summed E-state index contributed by atoms with van der Waals surface area (Å²) in [6, 6.07) is 15.8. The van der Waals surface area contributed by atoms with E-state index in [1.807, 2.05) is 23.1 Å². The predicted octanol–water partition coefficient (Wildman–Crippen LogP) is 2.22. The van der Waals surface area contributed by atoms with Gasteiger partial charge < -0.3 is 15.0 Å². The molecule has 0 unspecified atom stereocenters. The van der Waals surface area contributed by atoms with E-state index in [0.717, 1.165) is 19.6 Å². The van der Waals surface area contributed by atoms with Crippen molar-refractivity contribution in [2.75, 3.05) is 58.7 Å². The number of likely N-dealkylation sites (N-methyl/N-ethyl adjacent to an activating group) is 1. The third kappa shape index (κ3) is 7.08. The minimum atomic E-state index is -0.161. The predicted molar refractivity (Wildman–Crippen MR) is 122 cm³/mol. The molecular weight excluding hydrogens is 392 g/mol. The summed E-state index contributed by atoms with van der Waals surface area (Å²) in [6.07, 6.45) is 0. The smallest absolute Gasteiger partial charge is 0.238 e. The molecule has 31 heavy (non-hydrogen) atoms. The minimum Gasteiger partial charge on any atom is -0.497 e. The van der Waals surface area contributed by atoms with Crippen LogP contribution in [0.1, 0.15) is 11.1 Å². The van der Waals surface area contributed by atoms with Gasteiger partial charge in [0.1, 0.15) is 5.75 Å². The van der Waals surface area contributed by atoms with E-state index >= 15 is 0 Å². The molecule has 7 nitrogen and oxygen atoms in total. The maximum atomic E-state index is 12.7. The van der Waals surface area contributed by atoms with Gasteiger partial charge in [-0.25, -0.2) is 0 Å². The van der Waals surface area contributed by atoms with Crippen LogP contribution in [-0.2, 0) is 16.1 Å². The molecule has 0 aliphatic carbocycles. The van der Waals surface area contributed by atoms with Crippen LogP contribution < -0.4 is 10.1 Å². The molecule has 1 aliphatic heterocycles. The molecule has 0 aromatic heterocycles. The van der Waals surface area contributed by atoms with Gasteiger partial charge in [-0.3, -0.25) is 19.4 Å². The normalized spacial score (nSPS) is 14.5. The second-order valence-corrected chi connectivity index (χ2v) is 8.10. The SMILES string of the molecule is COc1cccc(NC(=O)CN(C)CC(=O)N2CCN(Cc3cccc(C)c3)CC2)c1. The number of hydrogen-bond donors (Lipinski definition) is 1. The minimum absolute atomic E-state index is 0.0619. The average molecular weight is 425 g/mol. The fourth-order valence-electron chi connectivity index (χ4n) is 3.76. The Morgan fingerprint density at radius 2 is 1.77 bits per heavy atom. The number of nitrogens with zero attached hydrogens (tertiary/aromatic N) is 3. The van der Waals surface area contributed by atoms with Gasteiger partial charge in [-0.1, -0.05) is 35.9 Å². The number of methoxy groups -OCH3 is 1. The lowest BCUT2D eigenvalue weighted by Crippen LogP contribution is -2.51. The van der Waals surface area contributed by atoms with Crippen molar-refractivity contribution in [2.24, 2.45) is 0 Å². The average Bonchev–Trinajstić information content (AvgIpc) is 2.74. The summed E-state index contributed by atoms with van der Waals surface area (Å²) in [5, 5.41) is 2.84. The van der Waals surface area contributed by atoms with Gasteiger partial charge in [0, 0.05) is 44.5 Å². The quantitative estimate of drug-likeness (QED) is 0.704. The number of piperazine rings is 1. The molecular formula is C24H32N4O3. The maximum absolute atomic E-state index is 12.7. The van der Waals surface area contributed by atoms with Crippen molar-refractivity contribution in [2.45, 2.75) is 13.5 Å². The van der Waals surface area contributed by atoms with Gasteiger partial charge in [0.15, 0.2) is 0 Å². The number of anilines is 1. The highest BCUT2D eigenvalue weighted by Crippen LogP contribution is 2.16. The van der Waals surface area contributed by atoms with Crippen LogP contribution >= 0.6 is 0 Å². The third-order valence-electron chi connectivity index (χ3n) is 5.39. The van der Waals surface area contributed by atoms with Crippen molar-refractivity contribution in [1.29, 1.82) is 0 Å². The lowest BCUT2D eigenvalue weighted by atomic mass is 10.1. The molecule has 1 N–H and O–H groups in total. The Balaban J connectivity index is 1.40. The van der Waals surface area contributed by atoms with Gasteiger partial charge >= 0.3 is 0 Å². The highest BCUT2D eigenvalue weighted by Gasteiger charge is 2.22. The Hall–Kier alpha value is -2.90. The fourth-order valence-corrected chi connectivity index (χ4v) is 3.76. The molecule has 166 valence electrons. The lowest BCUT2D eigenvalue weighted by molar-refractivity contribution is -0.134. The Labute approximate surface area is 184 Å². The van der Waals surface area contributed by atoms with E-state index in [0.29, 0.717) is 24.5 Å². The number of hydrogen-bond acceptors (Lipinski definition) is 5. The highest BCUT2D eigenvalue weighted by molar-refractivity contribution is 5.92. The summed E-state index contributed by atoms with van der Waals surface area (Å²) in [7, 11) is 3.37. The van der Waals surface area contributed by atoms with Crippen molar-refractivity contribution in [3.8, 4) is 5.75 Å². The third-order valence-corrected chi connectivity index (χ3v) is 5.39. The largest absolute Gasteiger partial charge is 0.497 e. The molecule has 1 heterocycles. The fraction of sp³-hybridized carbons (Fsp3) is 0.417. The summed E-state index contributed by atoms with van der Waals surface area (Å²) < 4.78 is 5.17. The second kappa shape index (κ2) is 10.9. The Morgan fingerprint density at radius 3 is 2.48 bits per heavy atom. The number of nitrogens with one attached hydrogen (secondary N) is 1. The van der Waals surface area contributed by atoms with Gasteiger partial charge in [0.25, 0.3) is 0 Å². The number of rotatable bonds is 8. The molecule has 0 spiro atoms. The topological polar surface area (TPSA) is 65.1 Å². The molecule has 2 amide bonds. The van der Waals surface area contributed by atoms with Crippen LogP contribution in [0, 0.1) is 6.92 Å². The summed E-state index contributed by atoms with van der Waals surface area (Å²) in [5.74, 6) is 0.585. The monoisotopic (exact) mass is 424 g/mol. The Kier molecular flexibility index (Phi) is 8.03. The van der Waals surface area contributed by atoms with Gasteiger partial charge in [-0.2, -0.15) is 0 Å². The molecule has 0 atom stereocenters. The highest BCUT2D eigenvalue weighted by atomic mass is 16.5. The molecule has 7 heteroatoms. The summed E-state index contributed by atoms with van der Waals surface area (Å²) in [4.78, 5) is 31.0. The van der Waals surface area contributed by atoms with E-state index < -0.39 is 0 Å². The van der Waals surface area contributed by atoms with Crippen molar-refractivity contribution >= 4 is 17.5 Å². The van der Waals surface area contributed by atoms with Crippen molar-refractivity contribution < 1.29 is 14.3 Å². The van der Waals surface area contributed by atoms with Crippen LogP contribution in [0.3, 0.4) is 0 Å². The van der Waals surface area contributed by atoms with Crippen LogP contribution in [0.2, 0.25) is 0 Å². The van der Waals surface area contributed by atoms with Gasteiger partial charge in [-0.15, -0.1) is 0 Å². The zero-order valence-electron chi connectivity index (χ0n) is 18.6. The molecule has 3 rings (SSSR count). The first-order valence-corrected chi connectivity index (χ1v) is 10.6. The zero-order chi connectivity index (χ0) is 22.2. The lowest BCUT2D eigenvalue weighted by Gasteiger charge is -2.35. The summed E-state index contributed by atoms with van der Waals surface area (Å²) in [6.45, 7) is 6.55. The molecule has 2 aromatic rings. The van der Waals surface area contributed by atoms with Crippen LogP contribution in [0.4, 0.5) is 5.69 Å². The number of amides is 2. The molecule has 1 saturated heterocycles. The first-order valence-electron chi connectivity index (χ1n) is 10.6. The number of benzene rings is 2. The van der Waals surface area contributed by atoms with Gasteiger partial charge in [0.05, 0.1) is 20.2 Å². The second-order valence-electron chi connectivity index (χ2n) is 8.10.